The van der Waals surface area contributed by atoms with Crippen molar-refractivity contribution in [1.82, 2.24) is 29.7 Å². The van der Waals surface area contributed by atoms with Crippen LogP contribution in [0.2, 0.25) is 0 Å². The summed E-state index contributed by atoms with van der Waals surface area (Å²) in [6.07, 6.45) is 3.81. The number of nitrogens with one attached hydrogen (secondary N) is 2. The first-order valence-electron chi connectivity index (χ1n) is 12.9. The van der Waals surface area contributed by atoms with Crippen LogP contribution in [0.1, 0.15) is 32.9 Å². The molecule has 0 aromatic carbocycles. The fourth-order valence-corrected chi connectivity index (χ4v) is 8.37. The van der Waals surface area contributed by atoms with Gasteiger partial charge in [-0.3, -0.25) is 19.0 Å². The zero-order chi connectivity index (χ0) is 26.3. The third-order valence-electron chi connectivity index (χ3n) is 8.41. The van der Waals surface area contributed by atoms with Gasteiger partial charge in [0.25, 0.3) is 11.5 Å². The second-order valence-corrected chi connectivity index (χ2v) is 13.1. The van der Waals surface area contributed by atoms with Gasteiger partial charge >= 0.3 is 0 Å². The highest BCUT2D eigenvalue weighted by molar-refractivity contribution is 8.00. The van der Waals surface area contributed by atoms with Gasteiger partial charge in [0.2, 0.25) is 5.91 Å². The van der Waals surface area contributed by atoms with Crippen molar-refractivity contribution >= 4 is 56.6 Å². The average molecular weight is 552 g/mol. The van der Waals surface area contributed by atoms with Crippen LogP contribution in [0.15, 0.2) is 17.2 Å². The number of aromatic nitrogens is 3. The number of anilines is 2. The van der Waals surface area contributed by atoms with Crippen molar-refractivity contribution in [1.29, 1.82) is 0 Å². The second kappa shape index (κ2) is 8.52. The minimum absolute atomic E-state index is 0.00591. The third-order valence-corrected chi connectivity index (χ3v) is 10.9. The number of hydrogen-bond acceptors (Lipinski definition) is 9. The maximum absolute atomic E-state index is 13.6. The lowest BCUT2D eigenvalue weighted by Gasteiger charge is -2.44. The van der Waals surface area contributed by atoms with Crippen molar-refractivity contribution in [3.8, 4) is 0 Å². The molecular formula is C26H29N7O3S2. The van der Waals surface area contributed by atoms with E-state index < -0.39 is 5.66 Å². The van der Waals surface area contributed by atoms with Crippen LogP contribution < -0.4 is 16.2 Å². The van der Waals surface area contributed by atoms with Gasteiger partial charge < -0.3 is 20.4 Å². The first-order valence-corrected chi connectivity index (χ1v) is 14.9. The number of rotatable bonds is 4. The molecule has 10 nitrogen and oxygen atoms in total. The number of aryl methyl sites for hydroxylation is 2. The first kappa shape index (κ1) is 24.1. The highest BCUT2D eigenvalue weighted by atomic mass is 32.2. The number of likely N-dealkylation sites (tertiary alicyclic amines) is 1. The Kier molecular flexibility index (Phi) is 5.41. The molecule has 2 N–H and O–H groups in total. The van der Waals surface area contributed by atoms with E-state index in [2.05, 4.69) is 39.6 Å². The lowest BCUT2D eigenvalue weighted by molar-refractivity contribution is -0.142. The van der Waals surface area contributed by atoms with E-state index in [1.807, 2.05) is 11.8 Å². The van der Waals surface area contributed by atoms with Gasteiger partial charge in [0.05, 0.1) is 5.39 Å². The Labute approximate surface area is 227 Å². The normalized spacial score (nSPS) is 21.7. The number of nitrogens with zero attached hydrogens (tertiary/aromatic N) is 5. The lowest BCUT2D eigenvalue weighted by atomic mass is 9.86. The number of thioether (sulfide) groups is 1. The number of amides is 2. The van der Waals surface area contributed by atoms with Gasteiger partial charge in [-0.15, -0.1) is 11.3 Å². The number of carbonyl (C=O) groups excluding carboxylic acids is 2. The molecule has 38 heavy (non-hydrogen) atoms. The van der Waals surface area contributed by atoms with Crippen LogP contribution in [0, 0.1) is 12.8 Å². The molecule has 2 amide bonds. The number of thiophene rings is 1. The highest BCUT2D eigenvalue weighted by Gasteiger charge is 2.49. The smallest absolute Gasteiger partial charge is 0.276 e. The summed E-state index contributed by atoms with van der Waals surface area (Å²) in [5.74, 6) is 2.01. The Bertz CT molecular complexity index is 1570. The summed E-state index contributed by atoms with van der Waals surface area (Å²) in [5, 5.41) is 7.26. The SMILES string of the molecule is Cc1cc(Nc2ncnc3sc4c(c23)CC[C@H](C(=O)N2CC(N(C)C)C2)C4)c(=O)n2c1C(=O)NC21CSC1. The van der Waals surface area contributed by atoms with Crippen molar-refractivity contribution in [3.63, 3.8) is 0 Å². The molecule has 2 fully saturated rings. The molecule has 1 aliphatic carbocycles. The van der Waals surface area contributed by atoms with Crippen LogP contribution in [0.5, 0.6) is 0 Å². The topological polar surface area (TPSA) is 112 Å². The van der Waals surface area contributed by atoms with Crippen LogP contribution >= 0.6 is 23.1 Å². The van der Waals surface area contributed by atoms with Crippen molar-refractivity contribution in [2.45, 2.75) is 37.9 Å². The predicted molar refractivity (Wildman–Crippen MR) is 148 cm³/mol. The quantitative estimate of drug-likeness (QED) is 0.506. The molecule has 1 spiro atoms. The molecule has 3 aliphatic heterocycles. The monoisotopic (exact) mass is 551 g/mol. The Morgan fingerprint density at radius 1 is 1.24 bits per heavy atom. The Morgan fingerprint density at radius 2 is 2.03 bits per heavy atom. The van der Waals surface area contributed by atoms with Gasteiger partial charge in [-0.1, -0.05) is 0 Å². The van der Waals surface area contributed by atoms with Gasteiger partial charge in [-0.2, -0.15) is 11.8 Å². The summed E-state index contributed by atoms with van der Waals surface area (Å²) in [6, 6.07) is 2.19. The van der Waals surface area contributed by atoms with Crippen molar-refractivity contribution in [3.05, 3.63) is 44.4 Å². The maximum Gasteiger partial charge on any atom is 0.276 e. The summed E-state index contributed by atoms with van der Waals surface area (Å²) >= 11 is 3.33. The minimum Gasteiger partial charge on any atom is -0.339 e. The van der Waals surface area contributed by atoms with Crippen LogP contribution in [0.25, 0.3) is 10.2 Å². The largest absolute Gasteiger partial charge is 0.339 e. The highest BCUT2D eigenvalue weighted by Crippen LogP contribution is 2.42. The lowest BCUT2D eigenvalue weighted by Crippen LogP contribution is -2.60. The molecule has 6 heterocycles. The van der Waals surface area contributed by atoms with Gasteiger partial charge in [0, 0.05) is 41.4 Å². The predicted octanol–water partition coefficient (Wildman–Crippen LogP) is 1.93. The third kappa shape index (κ3) is 3.46. The molecule has 0 radical (unpaired) electrons. The maximum atomic E-state index is 13.6. The fourth-order valence-electron chi connectivity index (χ4n) is 6.11. The number of hydrogen-bond donors (Lipinski definition) is 2. The zero-order valence-electron chi connectivity index (χ0n) is 21.5. The summed E-state index contributed by atoms with van der Waals surface area (Å²) in [5.41, 5.74) is 1.90. The second-order valence-electron chi connectivity index (χ2n) is 11.0. The van der Waals surface area contributed by atoms with E-state index in [0.29, 0.717) is 41.2 Å². The molecule has 3 aromatic rings. The van der Waals surface area contributed by atoms with Gasteiger partial charge in [0.15, 0.2) is 0 Å². The summed E-state index contributed by atoms with van der Waals surface area (Å²) in [6.45, 7) is 3.47. The molecule has 0 saturated carbocycles. The van der Waals surface area contributed by atoms with Gasteiger partial charge in [0.1, 0.15) is 34.0 Å². The molecule has 1 atom stereocenters. The van der Waals surface area contributed by atoms with Crippen LogP contribution in [0.4, 0.5) is 11.5 Å². The van der Waals surface area contributed by atoms with Gasteiger partial charge in [-0.25, -0.2) is 9.97 Å². The summed E-state index contributed by atoms with van der Waals surface area (Å²) in [7, 11) is 4.12. The molecule has 3 aromatic heterocycles. The molecule has 0 bridgehead atoms. The molecule has 12 heteroatoms. The molecule has 198 valence electrons. The van der Waals surface area contributed by atoms with Crippen molar-refractivity contribution < 1.29 is 9.59 Å². The zero-order valence-corrected chi connectivity index (χ0v) is 23.2. The number of fused-ring (bicyclic) bond motifs is 5. The van der Waals surface area contributed by atoms with Crippen LogP contribution in [-0.2, 0) is 23.3 Å². The molecule has 2 saturated heterocycles. The fraction of sp³-hybridized carbons (Fsp3) is 0.500. The van der Waals surface area contributed by atoms with E-state index in [4.69, 9.17) is 0 Å². The number of pyridine rings is 1. The van der Waals surface area contributed by atoms with Crippen molar-refractivity contribution in [2.75, 3.05) is 44.0 Å². The summed E-state index contributed by atoms with van der Waals surface area (Å²) in [4.78, 5) is 54.7. The Morgan fingerprint density at radius 3 is 2.74 bits per heavy atom. The summed E-state index contributed by atoms with van der Waals surface area (Å²) < 4.78 is 1.64. The van der Waals surface area contributed by atoms with Gasteiger partial charge in [-0.05, 0) is 57.5 Å². The van der Waals surface area contributed by atoms with E-state index in [-0.39, 0.29) is 23.3 Å². The standard InChI is InChI=1S/C26H29N7O3S2/c1-13-6-17(25(36)33-20(13)22(34)30-26(33)10-37-11-26)29-21-19-16-5-4-14(7-18(16)38-23(19)28-12-27-21)24(35)32-8-15(9-32)31(2)3/h6,12,14-15H,4-5,7-11H2,1-3H3,(H,30,34)(H,27,28,29)/t14-/m0/s1. The first-order chi connectivity index (χ1) is 18.3. The van der Waals surface area contributed by atoms with Crippen molar-refractivity contribution in [2.24, 2.45) is 5.92 Å². The molecular weight excluding hydrogens is 522 g/mol. The van der Waals surface area contributed by atoms with Crippen LogP contribution in [-0.4, -0.2) is 80.9 Å². The number of likely N-dealkylation sites (N-methyl/N-ethyl adjacent to an activating group) is 1. The average Bonchev–Trinajstić information content (AvgIpc) is 3.36. The van der Waals surface area contributed by atoms with E-state index in [1.54, 1.807) is 33.7 Å². The number of carbonyl (C=O) groups is 2. The van der Waals surface area contributed by atoms with Crippen LogP contribution in [0.3, 0.4) is 0 Å². The van der Waals surface area contributed by atoms with E-state index in [9.17, 15) is 14.4 Å². The van der Waals surface area contributed by atoms with E-state index in [1.165, 1.54) is 16.8 Å². The minimum atomic E-state index is -0.635. The Balaban J connectivity index is 1.20. The molecule has 7 rings (SSSR count). The van der Waals surface area contributed by atoms with E-state index in [0.717, 1.165) is 41.7 Å². The molecule has 4 aliphatic rings. The van der Waals surface area contributed by atoms with E-state index >= 15 is 0 Å². The Hall–Kier alpha value is -2.96. The molecule has 0 unspecified atom stereocenters.